The first-order chi connectivity index (χ1) is 13.3. The predicted molar refractivity (Wildman–Crippen MR) is 104 cm³/mol. The molecule has 0 saturated carbocycles. The van der Waals surface area contributed by atoms with Gasteiger partial charge < -0.3 is 9.47 Å². The molecule has 0 radical (unpaired) electrons. The van der Waals surface area contributed by atoms with E-state index in [4.69, 9.17) is 19.6 Å². The minimum atomic E-state index is 0.521. The van der Waals surface area contributed by atoms with E-state index in [2.05, 4.69) is 24.3 Å². The molecule has 1 unspecified atom stereocenters. The Morgan fingerprint density at radius 2 is 1.89 bits per heavy atom. The molecule has 3 aromatic rings. The van der Waals surface area contributed by atoms with Crippen molar-refractivity contribution in [3.63, 3.8) is 0 Å². The fourth-order valence-electron chi connectivity index (χ4n) is 3.46. The van der Waals surface area contributed by atoms with E-state index in [1.54, 1.807) is 7.11 Å². The van der Waals surface area contributed by atoms with Gasteiger partial charge in [-0.1, -0.05) is 30.3 Å². The van der Waals surface area contributed by atoms with Gasteiger partial charge in [-0.2, -0.15) is 5.10 Å². The first kappa shape index (κ1) is 17.7. The van der Waals surface area contributed by atoms with E-state index >= 15 is 0 Å². The highest BCUT2D eigenvalue weighted by molar-refractivity contribution is 5.37. The van der Waals surface area contributed by atoms with Crippen LogP contribution < -0.4 is 4.74 Å². The topological polar surface area (TPSA) is 49.2 Å². The van der Waals surface area contributed by atoms with Gasteiger partial charge in [0.15, 0.2) is 5.82 Å². The number of ether oxygens (including phenoxy) is 2. The van der Waals surface area contributed by atoms with Crippen molar-refractivity contribution in [2.75, 3.05) is 20.3 Å². The number of aryl methyl sites for hydroxylation is 2. The summed E-state index contributed by atoms with van der Waals surface area (Å²) < 4.78 is 12.8. The van der Waals surface area contributed by atoms with Crippen molar-refractivity contribution in [2.24, 2.45) is 5.92 Å². The summed E-state index contributed by atoms with van der Waals surface area (Å²) in [6.45, 7) is 1.66. The van der Waals surface area contributed by atoms with Gasteiger partial charge in [0.05, 0.1) is 12.8 Å². The molecule has 1 saturated heterocycles. The second-order valence-electron chi connectivity index (χ2n) is 6.97. The number of hydrogen-bond acceptors (Lipinski definition) is 4. The van der Waals surface area contributed by atoms with E-state index in [1.807, 2.05) is 35.0 Å². The molecule has 5 nitrogen and oxygen atoms in total. The van der Waals surface area contributed by atoms with E-state index < -0.39 is 0 Å². The molecule has 0 N–H and O–H groups in total. The SMILES string of the molecule is COc1ccc(-n2nc(CCc3ccccc3)nc2CC2CCOC2)cc1. The normalized spacial score (nSPS) is 16.6. The molecule has 4 rings (SSSR count). The maximum absolute atomic E-state index is 5.54. The molecule has 27 heavy (non-hydrogen) atoms. The second kappa shape index (κ2) is 8.35. The highest BCUT2D eigenvalue weighted by Gasteiger charge is 2.21. The van der Waals surface area contributed by atoms with Crippen LogP contribution in [0, 0.1) is 5.92 Å². The number of methoxy groups -OCH3 is 1. The number of hydrogen-bond donors (Lipinski definition) is 0. The number of benzene rings is 2. The summed E-state index contributed by atoms with van der Waals surface area (Å²) in [5.41, 5.74) is 2.33. The average molecular weight is 363 g/mol. The lowest BCUT2D eigenvalue weighted by atomic mass is 10.0. The van der Waals surface area contributed by atoms with Gasteiger partial charge in [-0.15, -0.1) is 0 Å². The van der Waals surface area contributed by atoms with Gasteiger partial charge >= 0.3 is 0 Å². The second-order valence-corrected chi connectivity index (χ2v) is 6.97. The Morgan fingerprint density at radius 1 is 1.07 bits per heavy atom. The molecule has 0 bridgehead atoms. The zero-order valence-corrected chi connectivity index (χ0v) is 15.7. The molecule has 2 aromatic carbocycles. The first-order valence-corrected chi connectivity index (χ1v) is 9.53. The van der Waals surface area contributed by atoms with Crippen LogP contribution in [0.3, 0.4) is 0 Å². The Kier molecular flexibility index (Phi) is 5.49. The van der Waals surface area contributed by atoms with Gasteiger partial charge in [0.25, 0.3) is 0 Å². The van der Waals surface area contributed by atoms with Crippen molar-refractivity contribution in [2.45, 2.75) is 25.7 Å². The molecule has 1 fully saturated rings. The summed E-state index contributed by atoms with van der Waals surface area (Å²) in [5.74, 6) is 3.27. The van der Waals surface area contributed by atoms with Crippen molar-refractivity contribution in [3.8, 4) is 11.4 Å². The maximum Gasteiger partial charge on any atom is 0.151 e. The van der Waals surface area contributed by atoms with Crippen LogP contribution in [0.5, 0.6) is 5.75 Å². The largest absolute Gasteiger partial charge is 0.497 e. The van der Waals surface area contributed by atoms with Gasteiger partial charge in [0.1, 0.15) is 11.6 Å². The number of aromatic nitrogens is 3. The summed E-state index contributed by atoms with van der Waals surface area (Å²) in [5, 5.41) is 4.82. The third kappa shape index (κ3) is 4.37. The molecule has 1 aliphatic rings. The maximum atomic E-state index is 5.54. The van der Waals surface area contributed by atoms with Crippen LogP contribution in [0.2, 0.25) is 0 Å². The van der Waals surface area contributed by atoms with Crippen LogP contribution in [0.15, 0.2) is 54.6 Å². The Bertz CT molecular complexity index is 853. The van der Waals surface area contributed by atoms with Gasteiger partial charge in [-0.3, -0.25) is 0 Å². The first-order valence-electron chi connectivity index (χ1n) is 9.53. The molecule has 1 atom stereocenters. The van der Waals surface area contributed by atoms with E-state index in [0.29, 0.717) is 5.92 Å². The minimum absolute atomic E-state index is 0.521. The lowest BCUT2D eigenvalue weighted by Crippen LogP contribution is -2.10. The fourth-order valence-corrected chi connectivity index (χ4v) is 3.46. The molecule has 0 amide bonds. The zero-order valence-electron chi connectivity index (χ0n) is 15.7. The summed E-state index contributed by atoms with van der Waals surface area (Å²) in [7, 11) is 1.68. The van der Waals surface area contributed by atoms with Gasteiger partial charge in [0, 0.05) is 26.1 Å². The molecule has 1 aliphatic heterocycles. The third-order valence-electron chi connectivity index (χ3n) is 5.01. The third-order valence-corrected chi connectivity index (χ3v) is 5.01. The summed E-state index contributed by atoms with van der Waals surface area (Å²) in [6, 6.07) is 18.5. The van der Waals surface area contributed by atoms with Crippen LogP contribution in [0.4, 0.5) is 0 Å². The lowest BCUT2D eigenvalue weighted by Gasteiger charge is -2.09. The zero-order chi connectivity index (χ0) is 18.5. The minimum Gasteiger partial charge on any atom is -0.497 e. The van der Waals surface area contributed by atoms with Crippen LogP contribution in [0.25, 0.3) is 5.69 Å². The Balaban J connectivity index is 1.57. The molecule has 2 heterocycles. The number of rotatable bonds is 7. The van der Waals surface area contributed by atoms with Crippen LogP contribution in [0.1, 0.15) is 23.6 Å². The number of nitrogens with zero attached hydrogens (tertiary/aromatic N) is 3. The highest BCUT2D eigenvalue weighted by Crippen LogP contribution is 2.21. The predicted octanol–water partition coefficient (Wildman–Crippen LogP) is 3.64. The highest BCUT2D eigenvalue weighted by atomic mass is 16.5. The standard InChI is InChI=1S/C22H25N3O2/c1-26-20-10-8-19(9-11-20)25-22(15-18-13-14-27-16-18)23-21(24-25)12-7-17-5-3-2-4-6-17/h2-6,8-11,18H,7,12-16H2,1H3. The van der Waals surface area contributed by atoms with Crippen molar-refractivity contribution in [3.05, 3.63) is 71.8 Å². The molecule has 140 valence electrons. The molecule has 0 spiro atoms. The Labute approximate surface area is 160 Å². The van der Waals surface area contributed by atoms with Gasteiger partial charge in [0.2, 0.25) is 0 Å². The van der Waals surface area contributed by atoms with Crippen molar-refractivity contribution >= 4 is 0 Å². The Hall–Kier alpha value is -2.66. The quantitative estimate of drug-likeness (QED) is 0.643. The molecule has 0 aliphatic carbocycles. The molecular weight excluding hydrogens is 338 g/mol. The molecule has 5 heteroatoms. The van der Waals surface area contributed by atoms with E-state index in [0.717, 1.165) is 62.0 Å². The molecule has 1 aromatic heterocycles. The monoisotopic (exact) mass is 363 g/mol. The smallest absolute Gasteiger partial charge is 0.151 e. The summed E-state index contributed by atoms with van der Waals surface area (Å²) in [6.07, 6.45) is 3.76. The van der Waals surface area contributed by atoms with Crippen LogP contribution in [-0.2, 0) is 24.0 Å². The fraction of sp³-hybridized carbons (Fsp3) is 0.364. The summed E-state index contributed by atoms with van der Waals surface area (Å²) in [4.78, 5) is 4.87. The van der Waals surface area contributed by atoms with E-state index in [9.17, 15) is 0 Å². The summed E-state index contributed by atoms with van der Waals surface area (Å²) >= 11 is 0. The van der Waals surface area contributed by atoms with Crippen molar-refractivity contribution in [1.29, 1.82) is 0 Å². The van der Waals surface area contributed by atoms with E-state index in [-0.39, 0.29) is 0 Å². The van der Waals surface area contributed by atoms with Crippen molar-refractivity contribution in [1.82, 2.24) is 14.8 Å². The molecular formula is C22H25N3O2. The van der Waals surface area contributed by atoms with Crippen molar-refractivity contribution < 1.29 is 9.47 Å². The average Bonchev–Trinajstić information content (AvgIpc) is 3.38. The van der Waals surface area contributed by atoms with Crippen LogP contribution >= 0.6 is 0 Å². The van der Waals surface area contributed by atoms with Gasteiger partial charge in [-0.25, -0.2) is 9.67 Å². The Morgan fingerprint density at radius 3 is 2.59 bits per heavy atom. The van der Waals surface area contributed by atoms with Gasteiger partial charge in [-0.05, 0) is 48.6 Å². The lowest BCUT2D eigenvalue weighted by molar-refractivity contribution is 0.185. The van der Waals surface area contributed by atoms with Crippen LogP contribution in [-0.4, -0.2) is 35.1 Å². The van der Waals surface area contributed by atoms with E-state index in [1.165, 1.54) is 5.56 Å².